The topological polar surface area (TPSA) is 46.3 Å². The molecule has 94 valence electrons. The van der Waals surface area contributed by atoms with E-state index in [1.807, 2.05) is 18.7 Å². The summed E-state index contributed by atoms with van der Waals surface area (Å²) in [5, 5.41) is 0. The SMILES string of the molecule is CCCC1CCCCN1C(=O)C(C)(N)CC. The third-order valence-electron chi connectivity index (χ3n) is 3.73. The Kier molecular flexibility index (Phi) is 4.78. The van der Waals surface area contributed by atoms with Gasteiger partial charge in [-0.3, -0.25) is 4.79 Å². The summed E-state index contributed by atoms with van der Waals surface area (Å²) in [6.07, 6.45) is 6.50. The minimum Gasteiger partial charge on any atom is -0.338 e. The molecule has 1 saturated heterocycles. The van der Waals surface area contributed by atoms with Crippen LogP contribution in [0.3, 0.4) is 0 Å². The molecule has 0 aromatic rings. The zero-order chi connectivity index (χ0) is 12.2. The van der Waals surface area contributed by atoms with Crippen molar-refractivity contribution in [2.45, 2.75) is 70.9 Å². The molecule has 1 aliphatic rings. The molecule has 0 bridgehead atoms. The molecule has 2 atom stereocenters. The van der Waals surface area contributed by atoms with Crippen molar-refractivity contribution in [3.63, 3.8) is 0 Å². The summed E-state index contributed by atoms with van der Waals surface area (Å²) in [7, 11) is 0. The minimum atomic E-state index is -0.677. The lowest BCUT2D eigenvalue weighted by Gasteiger charge is -2.40. The summed E-state index contributed by atoms with van der Waals surface area (Å²) in [4.78, 5) is 14.4. The van der Waals surface area contributed by atoms with E-state index in [0.29, 0.717) is 12.5 Å². The van der Waals surface area contributed by atoms with E-state index in [2.05, 4.69) is 6.92 Å². The Hall–Kier alpha value is -0.570. The summed E-state index contributed by atoms with van der Waals surface area (Å²) in [6.45, 7) is 6.92. The highest BCUT2D eigenvalue weighted by Crippen LogP contribution is 2.24. The van der Waals surface area contributed by atoms with E-state index in [9.17, 15) is 4.79 Å². The molecular formula is C13H26N2O. The van der Waals surface area contributed by atoms with Gasteiger partial charge in [0, 0.05) is 12.6 Å². The molecule has 0 aromatic carbocycles. The Balaban J connectivity index is 2.71. The fourth-order valence-corrected chi connectivity index (χ4v) is 2.38. The first kappa shape index (κ1) is 13.5. The van der Waals surface area contributed by atoms with Crippen LogP contribution < -0.4 is 5.73 Å². The molecule has 0 aromatic heterocycles. The van der Waals surface area contributed by atoms with Crippen LogP contribution in [0, 0.1) is 0 Å². The van der Waals surface area contributed by atoms with Gasteiger partial charge in [-0.15, -0.1) is 0 Å². The number of hydrogen-bond donors (Lipinski definition) is 1. The second-order valence-electron chi connectivity index (χ2n) is 5.21. The predicted molar refractivity (Wildman–Crippen MR) is 67.1 cm³/mol. The van der Waals surface area contributed by atoms with Crippen molar-refractivity contribution in [3.05, 3.63) is 0 Å². The van der Waals surface area contributed by atoms with E-state index in [0.717, 1.165) is 32.2 Å². The first-order chi connectivity index (χ1) is 7.53. The number of piperidine rings is 1. The Bertz CT molecular complexity index is 236. The van der Waals surface area contributed by atoms with E-state index in [4.69, 9.17) is 5.73 Å². The fourth-order valence-electron chi connectivity index (χ4n) is 2.38. The molecule has 0 spiro atoms. The maximum absolute atomic E-state index is 12.3. The van der Waals surface area contributed by atoms with Gasteiger partial charge in [0.15, 0.2) is 0 Å². The zero-order valence-corrected chi connectivity index (χ0v) is 11.0. The van der Waals surface area contributed by atoms with Crippen molar-refractivity contribution in [2.24, 2.45) is 5.73 Å². The van der Waals surface area contributed by atoms with Crippen molar-refractivity contribution in [3.8, 4) is 0 Å². The lowest BCUT2D eigenvalue weighted by molar-refractivity contribution is -0.140. The normalized spacial score (nSPS) is 25.2. The Morgan fingerprint density at radius 1 is 1.44 bits per heavy atom. The van der Waals surface area contributed by atoms with Crippen molar-refractivity contribution >= 4 is 5.91 Å². The van der Waals surface area contributed by atoms with Crippen molar-refractivity contribution in [2.75, 3.05) is 6.54 Å². The average molecular weight is 226 g/mol. The summed E-state index contributed by atoms with van der Waals surface area (Å²) >= 11 is 0. The van der Waals surface area contributed by atoms with E-state index < -0.39 is 5.54 Å². The first-order valence-corrected chi connectivity index (χ1v) is 6.63. The molecule has 2 unspecified atom stereocenters. The predicted octanol–water partition coefficient (Wildman–Crippen LogP) is 2.29. The number of carbonyl (C=O) groups is 1. The molecule has 1 fully saturated rings. The first-order valence-electron chi connectivity index (χ1n) is 6.63. The summed E-state index contributed by atoms with van der Waals surface area (Å²) in [6, 6.07) is 0.431. The largest absolute Gasteiger partial charge is 0.338 e. The van der Waals surface area contributed by atoms with Gasteiger partial charge in [0.05, 0.1) is 5.54 Å². The lowest BCUT2D eigenvalue weighted by atomic mass is 9.92. The number of carbonyl (C=O) groups excluding carboxylic acids is 1. The Morgan fingerprint density at radius 3 is 2.69 bits per heavy atom. The van der Waals surface area contributed by atoms with Crippen molar-refractivity contribution in [1.29, 1.82) is 0 Å². The lowest BCUT2D eigenvalue weighted by Crippen LogP contribution is -2.57. The molecule has 0 saturated carbocycles. The van der Waals surface area contributed by atoms with Crippen LogP contribution in [0.25, 0.3) is 0 Å². The van der Waals surface area contributed by atoms with Crippen molar-refractivity contribution < 1.29 is 4.79 Å². The van der Waals surface area contributed by atoms with Crippen LogP contribution >= 0.6 is 0 Å². The van der Waals surface area contributed by atoms with Crippen LogP contribution in [0.4, 0.5) is 0 Å². The fraction of sp³-hybridized carbons (Fsp3) is 0.923. The van der Waals surface area contributed by atoms with Gasteiger partial charge in [-0.1, -0.05) is 20.3 Å². The van der Waals surface area contributed by atoms with Crippen LogP contribution in [0.2, 0.25) is 0 Å². The third-order valence-corrected chi connectivity index (χ3v) is 3.73. The smallest absolute Gasteiger partial charge is 0.242 e. The molecule has 0 aliphatic carbocycles. The third kappa shape index (κ3) is 2.97. The van der Waals surface area contributed by atoms with Gasteiger partial charge in [-0.05, 0) is 39.0 Å². The molecule has 16 heavy (non-hydrogen) atoms. The highest BCUT2D eigenvalue weighted by molar-refractivity contribution is 5.86. The molecule has 1 aliphatic heterocycles. The van der Waals surface area contributed by atoms with Crippen molar-refractivity contribution in [1.82, 2.24) is 4.90 Å². The molecule has 1 heterocycles. The van der Waals surface area contributed by atoms with Crippen LogP contribution in [-0.2, 0) is 4.79 Å². The average Bonchev–Trinajstić information content (AvgIpc) is 2.29. The van der Waals surface area contributed by atoms with Gasteiger partial charge in [0.25, 0.3) is 0 Å². The summed E-state index contributed by atoms with van der Waals surface area (Å²) in [5.41, 5.74) is 5.38. The number of rotatable bonds is 4. The van der Waals surface area contributed by atoms with Gasteiger partial charge in [0.1, 0.15) is 0 Å². The molecule has 3 nitrogen and oxygen atoms in total. The molecule has 3 heteroatoms. The Morgan fingerprint density at radius 2 is 2.12 bits per heavy atom. The maximum Gasteiger partial charge on any atom is 0.242 e. The number of nitrogens with two attached hydrogens (primary N) is 1. The number of hydrogen-bond acceptors (Lipinski definition) is 2. The molecule has 1 rings (SSSR count). The van der Waals surface area contributed by atoms with E-state index in [1.54, 1.807) is 0 Å². The van der Waals surface area contributed by atoms with Crippen LogP contribution in [0.1, 0.15) is 59.3 Å². The van der Waals surface area contributed by atoms with E-state index >= 15 is 0 Å². The van der Waals surface area contributed by atoms with Crippen LogP contribution in [-0.4, -0.2) is 28.9 Å². The highest BCUT2D eigenvalue weighted by atomic mass is 16.2. The van der Waals surface area contributed by atoms with Gasteiger partial charge in [0.2, 0.25) is 5.91 Å². The molecule has 0 radical (unpaired) electrons. The quantitative estimate of drug-likeness (QED) is 0.799. The monoisotopic (exact) mass is 226 g/mol. The summed E-state index contributed by atoms with van der Waals surface area (Å²) < 4.78 is 0. The molecule has 1 amide bonds. The number of likely N-dealkylation sites (tertiary alicyclic amines) is 1. The second-order valence-corrected chi connectivity index (χ2v) is 5.21. The maximum atomic E-state index is 12.3. The van der Waals surface area contributed by atoms with E-state index in [-0.39, 0.29) is 5.91 Å². The van der Waals surface area contributed by atoms with Gasteiger partial charge in [-0.2, -0.15) is 0 Å². The zero-order valence-electron chi connectivity index (χ0n) is 11.0. The highest BCUT2D eigenvalue weighted by Gasteiger charge is 2.35. The van der Waals surface area contributed by atoms with Gasteiger partial charge < -0.3 is 10.6 Å². The van der Waals surface area contributed by atoms with Crippen LogP contribution in [0.15, 0.2) is 0 Å². The summed E-state index contributed by atoms with van der Waals surface area (Å²) in [5.74, 6) is 0.146. The minimum absolute atomic E-state index is 0.146. The number of amides is 1. The molecular weight excluding hydrogens is 200 g/mol. The number of nitrogens with zero attached hydrogens (tertiary/aromatic N) is 1. The van der Waals surface area contributed by atoms with Crippen LogP contribution in [0.5, 0.6) is 0 Å². The second kappa shape index (κ2) is 5.67. The van der Waals surface area contributed by atoms with Gasteiger partial charge in [-0.25, -0.2) is 0 Å². The van der Waals surface area contributed by atoms with E-state index in [1.165, 1.54) is 6.42 Å². The standard InChI is InChI=1S/C13H26N2O/c1-4-8-11-9-6-7-10-15(11)12(16)13(3,14)5-2/h11H,4-10,14H2,1-3H3. The molecule has 2 N–H and O–H groups in total. The van der Waals surface area contributed by atoms with Gasteiger partial charge >= 0.3 is 0 Å². The Labute approximate surface area is 99.4 Å².